The fourth-order valence-corrected chi connectivity index (χ4v) is 5.82. The Morgan fingerprint density at radius 1 is 0.913 bits per heavy atom. The maximum absolute atomic E-state index is 13.4. The number of methoxy groups -OCH3 is 2. The van der Waals surface area contributed by atoms with Crippen LogP contribution >= 0.6 is 11.3 Å². The maximum Gasteiger partial charge on any atom is 0.305 e. The molecule has 1 unspecified atom stereocenters. The van der Waals surface area contributed by atoms with E-state index >= 15 is 0 Å². The number of carbonyl (C=O) groups is 4. The standard InChI is InChI=1S/C33H33N5O7S/c1-44-27-10-8-22(18-28(27)45-2)33(43)38-14-12-37(13-15-38)26-9-7-21(17-25(26)36-32(42)29-6-4-16-46-29)31(41)35-24(19-30(39)40)23-5-3-11-34-20-23/h3-11,16-18,20,24H,12-15,19H2,1-2H3,(H,35,41)(H,36,42)(H,39,40). The van der Waals surface area contributed by atoms with Crippen LogP contribution in [-0.4, -0.2) is 79.1 Å². The van der Waals surface area contributed by atoms with Gasteiger partial charge in [-0.1, -0.05) is 12.1 Å². The summed E-state index contributed by atoms with van der Waals surface area (Å²) in [5, 5.41) is 17.0. The highest BCUT2D eigenvalue weighted by molar-refractivity contribution is 7.12. The molecule has 13 heteroatoms. The molecule has 0 radical (unpaired) electrons. The number of hydrogen-bond acceptors (Lipinski definition) is 9. The first-order valence-corrected chi connectivity index (χ1v) is 15.3. The number of piperazine rings is 1. The number of nitrogens with one attached hydrogen (secondary N) is 2. The number of nitrogens with zero attached hydrogens (tertiary/aromatic N) is 3. The fourth-order valence-electron chi connectivity index (χ4n) is 5.20. The molecule has 5 rings (SSSR count). The maximum atomic E-state index is 13.4. The number of benzene rings is 2. The zero-order valence-corrected chi connectivity index (χ0v) is 26.1. The van der Waals surface area contributed by atoms with Crippen LogP contribution in [0.5, 0.6) is 11.5 Å². The number of anilines is 2. The third-order valence-corrected chi connectivity index (χ3v) is 8.43. The predicted octanol–water partition coefficient (Wildman–Crippen LogP) is 4.32. The summed E-state index contributed by atoms with van der Waals surface area (Å²) in [6.07, 6.45) is 2.75. The first kappa shape index (κ1) is 32.0. The second kappa shape index (κ2) is 14.6. The van der Waals surface area contributed by atoms with Crippen molar-refractivity contribution in [1.82, 2.24) is 15.2 Å². The average Bonchev–Trinajstić information content (AvgIpc) is 3.63. The molecule has 1 aliphatic rings. The number of hydrogen-bond donors (Lipinski definition) is 3. The van der Waals surface area contributed by atoms with Crippen LogP contribution < -0.4 is 25.0 Å². The van der Waals surface area contributed by atoms with Gasteiger partial charge in [0.15, 0.2) is 11.5 Å². The molecular weight excluding hydrogens is 610 g/mol. The van der Waals surface area contributed by atoms with Crippen LogP contribution in [0.25, 0.3) is 0 Å². The van der Waals surface area contributed by atoms with E-state index in [-0.39, 0.29) is 23.8 Å². The van der Waals surface area contributed by atoms with Gasteiger partial charge in [-0.15, -0.1) is 11.3 Å². The summed E-state index contributed by atoms with van der Waals surface area (Å²) in [4.78, 5) is 59.7. The number of pyridine rings is 1. The minimum Gasteiger partial charge on any atom is -0.493 e. The zero-order valence-electron chi connectivity index (χ0n) is 25.3. The third kappa shape index (κ3) is 7.44. The van der Waals surface area contributed by atoms with Gasteiger partial charge in [0.25, 0.3) is 17.7 Å². The van der Waals surface area contributed by atoms with E-state index in [1.807, 2.05) is 4.90 Å². The van der Waals surface area contributed by atoms with Crippen molar-refractivity contribution in [3.8, 4) is 11.5 Å². The largest absolute Gasteiger partial charge is 0.493 e. The number of carbonyl (C=O) groups excluding carboxylic acids is 3. The number of thiophene rings is 1. The Hall–Kier alpha value is -5.43. The smallest absolute Gasteiger partial charge is 0.305 e. The van der Waals surface area contributed by atoms with Crippen LogP contribution in [0.1, 0.15) is 48.4 Å². The molecule has 1 atom stereocenters. The van der Waals surface area contributed by atoms with Crippen molar-refractivity contribution in [2.45, 2.75) is 12.5 Å². The van der Waals surface area contributed by atoms with Gasteiger partial charge in [-0.2, -0.15) is 0 Å². The van der Waals surface area contributed by atoms with Gasteiger partial charge in [-0.25, -0.2) is 0 Å². The number of aliphatic carboxylic acids is 1. The van der Waals surface area contributed by atoms with E-state index in [0.717, 1.165) is 0 Å². The number of rotatable bonds is 11. The zero-order chi connectivity index (χ0) is 32.6. The lowest BCUT2D eigenvalue weighted by atomic mass is 10.0. The molecule has 3 N–H and O–H groups in total. The molecule has 3 heterocycles. The lowest BCUT2D eigenvalue weighted by Crippen LogP contribution is -2.49. The molecular formula is C33H33N5O7S. The van der Waals surface area contributed by atoms with Crippen LogP contribution in [0.3, 0.4) is 0 Å². The second-order valence-corrected chi connectivity index (χ2v) is 11.4. The van der Waals surface area contributed by atoms with Crippen molar-refractivity contribution >= 4 is 46.4 Å². The topological polar surface area (TPSA) is 150 Å². The quantitative estimate of drug-likeness (QED) is 0.217. The predicted molar refractivity (Wildman–Crippen MR) is 173 cm³/mol. The van der Waals surface area contributed by atoms with E-state index in [0.29, 0.717) is 65.1 Å². The molecule has 1 aliphatic heterocycles. The lowest BCUT2D eigenvalue weighted by Gasteiger charge is -2.37. The summed E-state index contributed by atoms with van der Waals surface area (Å²) >= 11 is 1.29. The van der Waals surface area contributed by atoms with Gasteiger partial charge < -0.3 is 35.0 Å². The molecule has 1 fully saturated rings. The van der Waals surface area contributed by atoms with Crippen LogP contribution in [0.4, 0.5) is 11.4 Å². The van der Waals surface area contributed by atoms with Crippen molar-refractivity contribution in [2.24, 2.45) is 0 Å². The number of carboxylic acid groups (broad SMARTS) is 1. The molecule has 2 aromatic heterocycles. The van der Waals surface area contributed by atoms with Crippen molar-refractivity contribution in [1.29, 1.82) is 0 Å². The first-order valence-electron chi connectivity index (χ1n) is 14.4. The molecule has 46 heavy (non-hydrogen) atoms. The van der Waals surface area contributed by atoms with Crippen LogP contribution in [0, 0.1) is 0 Å². The Bertz CT molecular complexity index is 1710. The Morgan fingerprint density at radius 3 is 2.33 bits per heavy atom. The molecule has 12 nitrogen and oxygen atoms in total. The van der Waals surface area contributed by atoms with Gasteiger partial charge in [0.05, 0.1) is 42.9 Å². The first-order chi connectivity index (χ1) is 22.3. The van der Waals surface area contributed by atoms with E-state index in [4.69, 9.17) is 9.47 Å². The third-order valence-electron chi connectivity index (χ3n) is 7.56. The highest BCUT2D eigenvalue weighted by atomic mass is 32.1. The van der Waals surface area contributed by atoms with Crippen LogP contribution in [0.15, 0.2) is 78.4 Å². The second-order valence-electron chi connectivity index (χ2n) is 10.4. The highest BCUT2D eigenvalue weighted by Gasteiger charge is 2.26. The summed E-state index contributed by atoms with van der Waals surface area (Å²) in [5.74, 6) is -1.03. The molecule has 0 aliphatic carbocycles. The van der Waals surface area contributed by atoms with Crippen molar-refractivity contribution < 1.29 is 33.8 Å². The van der Waals surface area contributed by atoms with E-state index in [1.54, 1.807) is 77.1 Å². The monoisotopic (exact) mass is 643 g/mol. The molecule has 4 aromatic rings. The molecule has 0 saturated carbocycles. The van der Waals surface area contributed by atoms with Crippen molar-refractivity contribution in [3.63, 3.8) is 0 Å². The number of aromatic nitrogens is 1. The van der Waals surface area contributed by atoms with E-state index in [2.05, 4.69) is 15.6 Å². The minimum absolute atomic E-state index is 0.136. The molecule has 0 spiro atoms. The lowest BCUT2D eigenvalue weighted by molar-refractivity contribution is -0.137. The van der Waals surface area contributed by atoms with Gasteiger partial charge in [-0.3, -0.25) is 24.2 Å². The van der Waals surface area contributed by atoms with Gasteiger partial charge in [-0.05, 0) is 59.5 Å². The molecule has 2 aromatic carbocycles. The SMILES string of the molecule is COc1ccc(C(=O)N2CCN(c3ccc(C(=O)NC(CC(=O)O)c4cccnc4)cc3NC(=O)c3cccs3)CC2)cc1OC. The molecule has 3 amide bonds. The summed E-state index contributed by atoms with van der Waals surface area (Å²) in [6.45, 7) is 1.81. The Morgan fingerprint density at radius 2 is 1.67 bits per heavy atom. The van der Waals surface area contributed by atoms with Crippen molar-refractivity contribution in [3.05, 3.63) is 100 Å². The number of carboxylic acids is 1. The molecule has 1 saturated heterocycles. The minimum atomic E-state index is -1.07. The normalized spacial score (nSPS) is 13.4. The van der Waals surface area contributed by atoms with Gasteiger partial charge >= 0.3 is 5.97 Å². The van der Waals surface area contributed by atoms with Crippen molar-refractivity contribution in [2.75, 3.05) is 50.6 Å². The number of amides is 3. The molecule has 0 bridgehead atoms. The van der Waals surface area contributed by atoms with E-state index in [9.17, 15) is 24.3 Å². The Kier molecular flexibility index (Phi) is 10.1. The van der Waals surface area contributed by atoms with Gasteiger partial charge in [0, 0.05) is 49.7 Å². The van der Waals surface area contributed by atoms with Crippen LogP contribution in [-0.2, 0) is 4.79 Å². The summed E-state index contributed by atoms with van der Waals surface area (Å²) in [6, 6.07) is 16.1. The van der Waals surface area contributed by atoms with Gasteiger partial charge in [0.1, 0.15) is 0 Å². The Labute approximate surface area is 269 Å². The summed E-state index contributed by atoms with van der Waals surface area (Å²) < 4.78 is 10.6. The van der Waals surface area contributed by atoms with Crippen LogP contribution in [0.2, 0.25) is 0 Å². The van der Waals surface area contributed by atoms with Gasteiger partial charge in [0.2, 0.25) is 0 Å². The van der Waals surface area contributed by atoms with E-state index in [1.165, 1.54) is 31.8 Å². The number of ether oxygens (including phenoxy) is 2. The molecule has 238 valence electrons. The average molecular weight is 644 g/mol. The highest BCUT2D eigenvalue weighted by Crippen LogP contribution is 2.31. The Balaban J connectivity index is 1.35. The fraction of sp³-hybridized carbons (Fsp3) is 0.242. The summed E-state index contributed by atoms with van der Waals surface area (Å²) in [5.41, 5.74) is 2.39. The van der Waals surface area contributed by atoms with E-state index < -0.39 is 17.9 Å². The summed E-state index contributed by atoms with van der Waals surface area (Å²) in [7, 11) is 3.05.